The summed E-state index contributed by atoms with van der Waals surface area (Å²) in [4.78, 5) is 14.5. The third-order valence-electron chi connectivity index (χ3n) is 3.21. The summed E-state index contributed by atoms with van der Waals surface area (Å²) in [5, 5.41) is 0.857. The number of H-pyrrole nitrogens is 1. The number of benzene rings is 2. The molecule has 3 nitrogen and oxygen atoms in total. The van der Waals surface area contributed by atoms with Gasteiger partial charge in [-0.05, 0) is 41.5 Å². The van der Waals surface area contributed by atoms with Crippen LogP contribution in [0.5, 0.6) is 5.75 Å². The van der Waals surface area contributed by atoms with Gasteiger partial charge in [-0.3, -0.25) is 4.79 Å². The second-order valence-corrected chi connectivity index (χ2v) is 4.47. The van der Waals surface area contributed by atoms with E-state index in [1.54, 1.807) is 31.4 Å². The van der Waals surface area contributed by atoms with Crippen LogP contribution in [0, 0.1) is 5.82 Å². The van der Waals surface area contributed by atoms with E-state index in [0.29, 0.717) is 5.75 Å². The summed E-state index contributed by atoms with van der Waals surface area (Å²) in [5.74, 6) is 0.397. The van der Waals surface area contributed by atoms with Gasteiger partial charge >= 0.3 is 0 Å². The zero-order valence-electron chi connectivity index (χ0n) is 10.8. The second-order valence-electron chi connectivity index (χ2n) is 4.47. The molecular weight excluding hydrogens is 257 g/mol. The van der Waals surface area contributed by atoms with E-state index in [2.05, 4.69) is 4.98 Å². The molecule has 0 bridgehead atoms. The second kappa shape index (κ2) is 4.81. The number of rotatable bonds is 2. The van der Waals surface area contributed by atoms with Gasteiger partial charge in [-0.15, -0.1) is 0 Å². The van der Waals surface area contributed by atoms with Crippen LogP contribution in [0.1, 0.15) is 0 Å². The van der Waals surface area contributed by atoms with E-state index in [9.17, 15) is 9.18 Å². The molecule has 1 heterocycles. The molecule has 0 saturated carbocycles. The van der Waals surface area contributed by atoms with Gasteiger partial charge in [-0.25, -0.2) is 4.39 Å². The lowest BCUT2D eigenvalue weighted by atomic mass is 10.0. The molecule has 0 atom stereocenters. The number of hydrogen-bond acceptors (Lipinski definition) is 2. The Morgan fingerprint density at radius 2 is 1.80 bits per heavy atom. The third-order valence-corrected chi connectivity index (χ3v) is 3.21. The summed E-state index contributed by atoms with van der Waals surface area (Å²) in [6, 6.07) is 13.0. The monoisotopic (exact) mass is 269 g/mol. The standard InChI is InChI=1S/C16H12FNO2/c1-20-12-6-7-15-14(8-12)13(9-16(19)18-15)10-2-4-11(17)5-3-10/h2-9H,1H3,(H,18,19). The molecule has 4 heteroatoms. The van der Waals surface area contributed by atoms with Crippen molar-refractivity contribution in [2.24, 2.45) is 0 Å². The number of fused-ring (bicyclic) bond motifs is 1. The molecule has 100 valence electrons. The van der Waals surface area contributed by atoms with Crippen molar-refractivity contribution in [1.82, 2.24) is 4.98 Å². The van der Waals surface area contributed by atoms with Crippen molar-refractivity contribution in [3.8, 4) is 16.9 Å². The highest BCUT2D eigenvalue weighted by Gasteiger charge is 2.07. The minimum Gasteiger partial charge on any atom is -0.497 e. The number of hydrogen-bond donors (Lipinski definition) is 1. The van der Waals surface area contributed by atoms with Gasteiger partial charge in [0.15, 0.2) is 0 Å². The SMILES string of the molecule is COc1ccc2[nH]c(=O)cc(-c3ccc(F)cc3)c2c1. The fraction of sp³-hybridized carbons (Fsp3) is 0.0625. The van der Waals surface area contributed by atoms with Crippen LogP contribution in [-0.4, -0.2) is 12.1 Å². The summed E-state index contributed by atoms with van der Waals surface area (Å²) in [7, 11) is 1.59. The molecular formula is C16H12FNO2. The Hall–Kier alpha value is -2.62. The number of methoxy groups -OCH3 is 1. The van der Waals surface area contributed by atoms with E-state index in [1.165, 1.54) is 18.2 Å². The normalized spacial score (nSPS) is 10.7. The van der Waals surface area contributed by atoms with Crippen molar-refractivity contribution >= 4 is 10.9 Å². The molecule has 0 saturated heterocycles. The Kier molecular flexibility index (Phi) is 2.99. The molecule has 1 aromatic heterocycles. The maximum absolute atomic E-state index is 13.0. The topological polar surface area (TPSA) is 42.1 Å². The molecule has 20 heavy (non-hydrogen) atoms. The lowest BCUT2D eigenvalue weighted by Crippen LogP contribution is -2.04. The van der Waals surface area contributed by atoms with E-state index in [4.69, 9.17) is 4.74 Å². The van der Waals surface area contributed by atoms with Crippen molar-refractivity contribution in [2.75, 3.05) is 7.11 Å². The molecule has 0 aliphatic rings. The van der Waals surface area contributed by atoms with Crippen molar-refractivity contribution in [3.05, 3.63) is 64.7 Å². The quantitative estimate of drug-likeness (QED) is 0.775. The average molecular weight is 269 g/mol. The highest BCUT2D eigenvalue weighted by Crippen LogP contribution is 2.29. The van der Waals surface area contributed by atoms with Gasteiger partial charge in [0.05, 0.1) is 7.11 Å². The maximum atomic E-state index is 13.0. The van der Waals surface area contributed by atoms with Gasteiger partial charge in [0.1, 0.15) is 11.6 Å². The number of aromatic amines is 1. The Bertz CT molecular complexity index is 822. The minimum atomic E-state index is -0.305. The molecule has 0 amide bonds. The molecule has 3 aromatic rings. The molecule has 0 unspecified atom stereocenters. The molecule has 0 fully saturated rings. The fourth-order valence-corrected chi connectivity index (χ4v) is 2.23. The average Bonchev–Trinajstić information content (AvgIpc) is 2.47. The first kappa shape index (κ1) is 12.4. The van der Waals surface area contributed by atoms with Crippen LogP contribution < -0.4 is 10.3 Å². The zero-order valence-corrected chi connectivity index (χ0v) is 10.8. The van der Waals surface area contributed by atoms with Crippen LogP contribution in [0.3, 0.4) is 0 Å². The van der Waals surface area contributed by atoms with Crippen LogP contribution in [0.2, 0.25) is 0 Å². The molecule has 2 aromatic carbocycles. The Morgan fingerprint density at radius 1 is 1.05 bits per heavy atom. The third kappa shape index (κ3) is 2.16. The largest absolute Gasteiger partial charge is 0.497 e. The number of pyridine rings is 1. The molecule has 0 radical (unpaired) electrons. The summed E-state index contributed by atoms with van der Waals surface area (Å²) < 4.78 is 18.2. The summed E-state index contributed by atoms with van der Waals surface area (Å²) in [5.41, 5.74) is 2.07. The van der Waals surface area contributed by atoms with Crippen LogP contribution in [0.15, 0.2) is 53.3 Å². The zero-order chi connectivity index (χ0) is 14.1. The molecule has 0 aliphatic carbocycles. The smallest absolute Gasteiger partial charge is 0.249 e. The number of halogens is 1. The van der Waals surface area contributed by atoms with Crippen molar-refractivity contribution in [3.63, 3.8) is 0 Å². The number of nitrogens with one attached hydrogen (secondary N) is 1. The number of aromatic nitrogens is 1. The van der Waals surface area contributed by atoms with Crippen LogP contribution in [0.25, 0.3) is 22.0 Å². The summed E-state index contributed by atoms with van der Waals surface area (Å²) in [6.07, 6.45) is 0. The first-order chi connectivity index (χ1) is 9.67. The van der Waals surface area contributed by atoms with Crippen LogP contribution >= 0.6 is 0 Å². The van der Waals surface area contributed by atoms with Gasteiger partial charge in [0.25, 0.3) is 0 Å². The van der Waals surface area contributed by atoms with Gasteiger partial charge in [-0.1, -0.05) is 12.1 Å². The van der Waals surface area contributed by atoms with Crippen molar-refractivity contribution in [2.45, 2.75) is 0 Å². The predicted molar refractivity (Wildman–Crippen MR) is 76.5 cm³/mol. The predicted octanol–water partition coefficient (Wildman–Crippen LogP) is 3.34. The van der Waals surface area contributed by atoms with Crippen LogP contribution in [-0.2, 0) is 0 Å². The van der Waals surface area contributed by atoms with Gasteiger partial charge in [-0.2, -0.15) is 0 Å². The van der Waals surface area contributed by atoms with Gasteiger partial charge in [0, 0.05) is 17.0 Å². The van der Waals surface area contributed by atoms with Crippen molar-refractivity contribution in [1.29, 1.82) is 0 Å². The molecule has 1 N–H and O–H groups in total. The summed E-state index contributed by atoms with van der Waals surface area (Å²) >= 11 is 0. The van der Waals surface area contributed by atoms with Crippen LogP contribution in [0.4, 0.5) is 4.39 Å². The Morgan fingerprint density at radius 3 is 2.50 bits per heavy atom. The van der Waals surface area contributed by atoms with Crippen molar-refractivity contribution < 1.29 is 9.13 Å². The first-order valence-corrected chi connectivity index (χ1v) is 6.14. The summed E-state index contributed by atoms with van der Waals surface area (Å²) in [6.45, 7) is 0. The van der Waals surface area contributed by atoms with E-state index in [0.717, 1.165) is 22.0 Å². The maximum Gasteiger partial charge on any atom is 0.249 e. The Labute approximate surface area is 114 Å². The number of ether oxygens (including phenoxy) is 1. The van der Waals surface area contributed by atoms with Gasteiger partial charge < -0.3 is 9.72 Å². The van der Waals surface area contributed by atoms with E-state index >= 15 is 0 Å². The molecule has 0 spiro atoms. The van der Waals surface area contributed by atoms with E-state index < -0.39 is 0 Å². The Balaban J connectivity index is 2.32. The highest BCUT2D eigenvalue weighted by atomic mass is 19.1. The highest BCUT2D eigenvalue weighted by molar-refractivity contribution is 5.95. The minimum absolute atomic E-state index is 0.193. The van der Waals surface area contributed by atoms with E-state index in [1.807, 2.05) is 6.07 Å². The van der Waals surface area contributed by atoms with E-state index in [-0.39, 0.29) is 11.4 Å². The fourth-order valence-electron chi connectivity index (χ4n) is 2.23. The molecule has 3 rings (SSSR count). The lowest BCUT2D eigenvalue weighted by molar-refractivity contribution is 0.415. The lowest BCUT2D eigenvalue weighted by Gasteiger charge is -2.08. The van der Waals surface area contributed by atoms with Gasteiger partial charge in [0.2, 0.25) is 5.56 Å². The first-order valence-electron chi connectivity index (χ1n) is 6.14. The molecule has 0 aliphatic heterocycles.